The number of nitrogens with zero attached hydrogens (tertiary/aromatic N) is 1. The van der Waals surface area contributed by atoms with Gasteiger partial charge in [0.1, 0.15) is 4.88 Å². The van der Waals surface area contributed by atoms with Crippen LogP contribution < -0.4 is 11.1 Å². The van der Waals surface area contributed by atoms with E-state index >= 15 is 0 Å². The van der Waals surface area contributed by atoms with Crippen LogP contribution in [0.1, 0.15) is 20.9 Å². The van der Waals surface area contributed by atoms with E-state index in [9.17, 15) is 4.79 Å². The quantitative estimate of drug-likeness (QED) is 0.780. The summed E-state index contributed by atoms with van der Waals surface area (Å²) in [7, 11) is 0. The fraction of sp³-hybridized carbons (Fsp3) is 0.125. The predicted octanol–water partition coefficient (Wildman–Crippen LogP) is 3.12. The average molecular weight is 297 g/mol. The Labute approximate surface area is 126 Å². The van der Waals surface area contributed by atoms with Crippen LogP contribution in [0.25, 0.3) is 10.1 Å². The number of hydrogen-bond donors (Lipinski definition) is 2. The number of amides is 1. The third-order valence-electron chi connectivity index (χ3n) is 3.31. The highest BCUT2D eigenvalue weighted by Gasteiger charge is 2.16. The second-order valence-corrected chi connectivity index (χ2v) is 5.82. The molecule has 0 unspecified atom stereocenters. The van der Waals surface area contributed by atoms with Crippen molar-refractivity contribution in [3.63, 3.8) is 0 Å². The van der Waals surface area contributed by atoms with Gasteiger partial charge in [0.15, 0.2) is 0 Å². The molecule has 0 aliphatic heterocycles. The predicted molar refractivity (Wildman–Crippen MR) is 86.4 cm³/mol. The molecule has 0 spiro atoms. The normalized spacial score (nSPS) is 10.7. The molecule has 4 nitrogen and oxygen atoms in total. The Balaban J connectivity index is 1.85. The van der Waals surface area contributed by atoms with Crippen molar-refractivity contribution in [2.24, 2.45) is 0 Å². The van der Waals surface area contributed by atoms with Crippen molar-refractivity contribution >= 4 is 33.0 Å². The topological polar surface area (TPSA) is 68.0 Å². The Bertz CT molecular complexity index is 796. The van der Waals surface area contributed by atoms with Gasteiger partial charge in [0.25, 0.3) is 5.91 Å². The van der Waals surface area contributed by atoms with Crippen LogP contribution in [-0.4, -0.2) is 10.9 Å². The molecule has 0 atom stereocenters. The molecule has 0 fully saturated rings. The molecule has 1 aromatic carbocycles. The fourth-order valence-corrected chi connectivity index (χ4v) is 3.31. The molecule has 3 rings (SSSR count). The van der Waals surface area contributed by atoms with Crippen molar-refractivity contribution in [2.45, 2.75) is 13.5 Å². The molecule has 0 saturated carbocycles. The standard InChI is InChI=1S/C16H15N3OS/c1-10-5-4-7-12-13(17)15(21-14(10)12)16(20)19-9-11-6-2-3-8-18-11/h2-8H,9,17H2,1H3,(H,19,20). The zero-order chi connectivity index (χ0) is 14.8. The number of pyridine rings is 1. The van der Waals surface area contributed by atoms with E-state index in [1.807, 2.05) is 43.3 Å². The molecule has 21 heavy (non-hydrogen) atoms. The first kappa shape index (κ1) is 13.6. The van der Waals surface area contributed by atoms with E-state index in [0.29, 0.717) is 17.1 Å². The lowest BCUT2D eigenvalue weighted by Crippen LogP contribution is -2.23. The second-order valence-electron chi connectivity index (χ2n) is 4.80. The van der Waals surface area contributed by atoms with E-state index in [0.717, 1.165) is 21.3 Å². The Morgan fingerprint density at radius 3 is 2.86 bits per heavy atom. The van der Waals surface area contributed by atoms with Gasteiger partial charge in [-0.25, -0.2) is 0 Å². The van der Waals surface area contributed by atoms with Crippen molar-refractivity contribution in [3.05, 3.63) is 58.7 Å². The lowest BCUT2D eigenvalue weighted by molar-refractivity contribution is 0.0955. The number of anilines is 1. The smallest absolute Gasteiger partial charge is 0.263 e. The highest BCUT2D eigenvalue weighted by molar-refractivity contribution is 7.21. The molecule has 3 aromatic rings. The lowest BCUT2D eigenvalue weighted by atomic mass is 10.1. The van der Waals surface area contributed by atoms with Crippen LogP contribution in [0.4, 0.5) is 5.69 Å². The Morgan fingerprint density at radius 1 is 1.29 bits per heavy atom. The van der Waals surface area contributed by atoms with E-state index in [1.54, 1.807) is 6.20 Å². The monoisotopic (exact) mass is 297 g/mol. The summed E-state index contributed by atoms with van der Waals surface area (Å²) in [6.07, 6.45) is 1.71. The summed E-state index contributed by atoms with van der Waals surface area (Å²) in [4.78, 5) is 17.1. The van der Waals surface area contributed by atoms with Crippen molar-refractivity contribution < 1.29 is 4.79 Å². The minimum Gasteiger partial charge on any atom is -0.397 e. The summed E-state index contributed by atoms with van der Waals surface area (Å²) in [5.41, 5.74) is 8.62. The first-order chi connectivity index (χ1) is 10.2. The summed E-state index contributed by atoms with van der Waals surface area (Å²) in [6, 6.07) is 11.5. The van der Waals surface area contributed by atoms with Gasteiger partial charge in [-0.05, 0) is 24.6 Å². The van der Waals surface area contributed by atoms with Gasteiger partial charge >= 0.3 is 0 Å². The summed E-state index contributed by atoms with van der Waals surface area (Å²) in [5.74, 6) is -0.154. The summed E-state index contributed by atoms with van der Waals surface area (Å²) in [5, 5.41) is 3.81. The molecule has 5 heteroatoms. The number of hydrogen-bond acceptors (Lipinski definition) is 4. The van der Waals surface area contributed by atoms with E-state index in [2.05, 4.69) is 10.3 Å². The maximum Gasteiger partial charge on any atom is 0.263 e. The van der Waals surface area contributed by atoms with Gasteiger partial charge in [-0.15, -0.1) is 11.3 Å². The van der Waals surface area contributed by atoms with Gasteiger partial charge in [0.05, 0.1) is 17.9 Å². The summed E-state index contributed by atoms with van der Waals surface area (Å²) in [6.45, 7) is 2.42. The molecule has 2 aromatic heterocycles. The number of thiophene rings is 1. The first-order valence-electron chi connectivity index (χ1n) is 6.62. The first-order valence-corrected chi connectivity index (χ1v) is 7.44. The highest BCUT2D eigenvalue weighted by Crippen LogP contribution is 2.35. The van der Waals surface area contributed by atoms with Crippen LogP contribution in [0, 0.1) is 6.92 Å². The molecule has 0 radical (unpaired) electrons. The van der Waals surface area contributed by atoms with E-state index in [-0.39, 0.29) is 5.91 Å². The Kier molecular flexibility index (Phi) is 3.58. The van der Waals surface area contributed by atoms with Crippen molar-refractivity contribution in [3.8, 4) is 0 Å². The number of rotatable bonds is 3. The molecular formula is C16H15N3OS. The van der Waals surface area contributed by atoms with Crippen molar-refractivity contribution in [2.75, 3.05) is 5.73 Å². The average Bonchev–Trinajstić information content (AvgIpc) is 2.85. The molecule has 0 aliphatic carbocycles. The van der Waals surface area contributed by atoms with E-state index in [1.165, 1.54) is 11.3 Å². The number of benzene rings is 1. The summed E-state index contributed by atoms with van der Waals surface area (Å²) >= 11 is 1.44. The third-order valence-corrected chi connectivity index (χ3v) is 4.67. The maximum atomic E-state index is 12.3. The minimum absolute atomic E-state index is 0.154. The molecule has 0 saturated heterocycles. The molecular weight excluding hydrogens is 282 g/mol. The second kappa shape index (κ2) is 5.54. The molecule has 0 bridgehead atoms. The van der Waals surface area contributed by atoms with Crippen LogP contribution in [0.2, 0.25) is 0 Å². The summed E-state index contributed by atoms with van der Waals surface area (Å²) < 4.78 is 1.07. The zero-order valence-corrected chi connectivity index (χ0v) is 12.4. The molecule has 1 amide bonds. The van der Waals surface area contributed by atoms with Crippen molar-refractivity contribution in [1.82, 2.24) is 10.3 Å². The Hall–Kier alpha value is -2.40. The lowest BCUT2D eigenvalue weighted by Gasteiger charge is -2.03. The number of nitrogens with one attached hydrogen (secondary N) is 1. The fourth-order valence-electron chi connectivity index (χ4n) is 2.20. The SMILES string of the molecule is Cc1cccc2c(N)c(C(=O)NCc3ccccn3)sc12. The minimum atomic E-state index is -0.154. The number of fused-ring (bicyclic) bond motifs is 1. The largest absolute Gasteiger partial charge is 0.397 e. The molecule has 3 N–H and O–H groups in total. The van der Waals surface area contributed by atoms with Crippen LogP contribution >= 0.6 is 11.3 Å². The number of aromatic nitrogens is 1. The molecule has 0 aliphatic rings. The number of aryl methyl sites for hydroxylation is 1. The van der Waals surface area contributed by atoms with Crippen LogP contribution in [-0.2, 0) is 6.54 Å². The van der Waals surface area contributed by atoms with Gasteiger partial charge in [0.2, 0.25) is 0 Å². The van der Waals surface area contributed by atoms with Crippen LogP contribution in [0.3, 0.4) is 0 Å². The highest BCUT2D eigenvalue weighted by atomic mass is 32.1. The van der Waals surface area contributed by atoms with E-state index in [4.69, 9.17) is 5.73 Å². The molecule has 106 valence electrons. The van der Waals surface area contributed by atoms with Gasteiger partial charge in [0, 0.05) is 16.3 Å². The van der Waals surface area contributed by atoms with Gasteiger partial charge in [-0.2, -0.15) is 0 Å². The number of nitrogen functional groups attached to an aromatic ring is 1. The molecule has 2 heterocycles. The van der Waals surface area contributed by atoms with Crippen LogP contribution in [0.15, 0.2) is 42.6 Å². The zero-order valence-electron chi connectivity index (χ0n) is 11.6. The van der Waals surface area contributed by atoms with Crippen molar-refractivity contribution in [1.29, 1.82) is 0 Å². The Morgan fingerprint density at radius 2 is 2.14 bits per heavy atom. The van der Waals surface area contributed by atoms with Gasteiger partial charge in [-0.1, -0.05) is 24.3 Å². The van der Waals surface area contributed by atoms with Gasteiger partial charge in [-0.3, -0.25) is 9.78 Å². The van der Waals surface area contributed by atoms with E-state index < -0.39 is 0 Å². The number of nitrogens with two attached hydrogens (primary N) is 1. The van der Waals surface area contributed by atoms with Gasteiger partial charge < -0.3 is 11.1 Å². The number of carbonyl (C=O) groups excluding carboxylic acids is 1. The maximum absolute atomic E-state index is 12.3. The number of carbonyl (C=O) groups is 1. The third kappa shape index (κ3) is 2.60. The van der Waals surface area contributed by atoms with Crippen LogP contribution in [0.5, 0.6) is 0 Å².